The van der Waals surface area contributed by atoms with E-state index in [0.29, 0.717) is 17.0 Å². The zero-order valence-electron chi connectivity index (χ0n) is 10.6. The topological polar surface area (TPSA) is 78.9 Å². The predicted octanol–water partition coefficient (Wildman–Crippen LogP) is 1.62. The number of rotatable bonds is 4. The molecule has 0 radical (unpaired) electrons. The van der Waals surface area contributed by atoms with Crippen molar-refractivity contribution < 1.29 is 4.74 Å². The number of thioether (sulfide) groups is 1. The van der Waals surface area contributed by atoms with Gasteiger partial charge in [0.1, 0.15) is 11.8 Å². The van der Waals surface area contributed by atoms with Gasteiger partial charge >= 0.3 is 0 Å². The van der Waals surface area contributed by atoms with Gasteiger partial charge in [-0.05, 0) is 11.8 Å². The summed E-state index contributed by atoms with van der Waals surface area (Å²) in [5.74, 6) is 2.45. The number of nitrogen functional groups attached to an aromatic ring is 1. The minimum atomic E-state index is -0.165. The van der Waals surface area contributed by atoms with E-state index in [2.05, 4.69) is 28.0 Å². The summed E-state index contributed by atoms with van der Waals surface area (Å²) in [7, 11) is 0. The van der Waals surface area contributed by atoms with Crippen LogP contribution >= 0.6 is 11.8 Å². The first-order valence-electron chi connectivity index (χ1n) is 6.14. The van der Waals surface area contributed by atoms with E-state index in [9.17, 15) is 0 Å². The van der Waals surface area contributed by atoms with Crippen LogP contribution in [0.1, 0.15) is 13.2 Å². The van der Waals surface area contributed by atoms with Crippen LogP contribution in [0, 0.1) is 0 Å². The average molecular weight is 277 g/mol. The number of hydrogen-bond donors (Lipinski definition) is 1. The van der Waals surface area contributed by atoms with E-state index in [0.717, 1.165) is 11.5 Å². The smallest absolute Gasteiger partial charge is 0.167 e. The third kappa shape index (κ3) is 2.31. The zero-order chi connectivity index (χ0) is 13.2. The van der Waals surface area contributed by atoms with E-state index in [1.54, 1.807) is 6.33 Å². The molecule has 6 nitrogen and oxygen atoms in total. The Morgan fingerprint density at radius 2 is 2.26 bits per heavy atom. The quantitative estimate of drug-likeness (QED) is 0.855. The molecule has 0 aromatic carbocycles. The average Bonchev–Trinajstić information content (AvgIpc) is 3.02. The molecule has 0 saturated heterocycles. The summed E-state index contributed by atoms with van der Waals surface area (Å²) in [4.78, 5) is 12.4. The van der Waals surface area contributed by atoms with Gasteiger partial charge in [0.2, 0.25) is 0 Å². The molecule has 0 saturated carbocycles. The van der Waals surface area contributed by atoms with Crippen molar-refractivity contribution in [1.29, 1.82) is 0 Å². The number of imidazole rings is 1. The first-order valence-corrected chi connectivity index (χ1v) is 7.29. The second-order valence-corrected chi connectivity index (χ2v) is 5.51. The fourth-order valence-corrected chi connectivity index (χ4v) is 2.69. The lowest BCUT2D eigenvalue weighted by Crippen LogP contribution is -2.14. The highest BCUT2D eigenvalue weighted by atomic mass is 32.2. The van der Waals surface area contributed by atoms with E-state index in [4.69, 9.17) is 10.5 Å². The zero-order valence-corrected chi connectivity index (χ0v) is 11.4. The van der Waals surface area contributed by atoms with Gasteiger partial charge in [0.15, 0.2) is 17.7 Å². The summed E-state index contributed by atoms with van der Waals surface area (Å²) in [5.41, 5.74) is 7.09. The summed E-state index contributed by atoms with van der Waals surface area (Å²) in [6, 6.07) is 0. The van der Waals surface area contributed by atoms with Crippen molar-refractivity contribution in [3.63, 3.8) is 0 Å². The molecule has 0 bridgehead atoms. The van der Waals surface area contributed by atoms with Gasteiger partial charge in [-0.3, -0.25) is 4.57 Å². The van der Waals surface area contributed by atoms with E-state index in [1.165, 1.54) is 6.33 Å². The highest BCUT2D eigenvalue weighted by Gasteiger charge is 2.22. The van der Waals surface area contributed by atoms with Crippen molar-refractivity contribution in [3.8, 4) is 0 Å². The molecule has 100 valence electrons. The van der Waals surface area contributed by atoms with Gasteiger partial charge in [-0.1, -0.05) is 13.0 Å². The minimum absolute atomic E-state index is 0.145. The van der Waals surface area contributed by atoms with Gasteiger partial charge in [0.05, 0.1) is 12.4 Å². The van der Waals surface area contributed by atoms with Crippen LogP contribution in [0.15, 0.2) is 24.8 Å². The van der Waals surface area contributed by atoms with Gasteiger partial charge < -0.3 is 10.5 Å². The largest absolute Gasteiger partial charge is 0.382 e. The molecule has 2 unspecified atom stereocenters. The molecule has 0 amide bonds. The van der Waals surface area contributed by atoms with E-state index >= 15 is 0 Å². The third-order valence-electron chi connectivity index (χ3n) is 2.95. The highest BCUT2D eigenvalue weighted by molar-refractivity contribution is 7.99. The first-order chi connectivity index (χ1) is 9.29. The third-order valence-corrected chi connectivity index (χ3v) is 3.92. The van der Waals surface area contributed by atoms with Crippen LogP contribution in [0.5, 0.6) is 0 Å². The molecule has 1 aliphatic heterocycles. The maximum Gasteiger partial charge on any atom is 0.167 e. The van der Waals surface area contributed by atoms with Crippen molar-refractivity contribution in [2.24, 2.45) is 0 Å². The van der Waals surface area contributed by atoms with Crippen LogP contribution in [0.3, 0.4) is 0 Å². The predicted molar refractivity (Wildman–Crippen MR) is 75.8 cm³/mol. The van der Waals surface area contributed by atoms with Crippen LogP contribution in [0.25, 0.3) is 11.2 Å². The summed E-state index contributed by atoms with van der Waals surface area (Å²) >= 11 is 1.86. The minimum Gasteiger partial charge on any atom is -0.382 e. The second kappa shape index (κ2) is 5.18. The molecule has 7 heteroatoms. The lowest BCUT2D eigenvalue weighted by molar-refractivity contribution is 0.0319. The Bertz CT molecular complexity index is 611. The molecule has 0 fully saturated rings. The number of aromatic nitrogens is 4. The summed E-state index contributed by atoms with van der Waals surface area (Å²) in [6.45, 7) is 2.14. The van der Waals surface area contributed by atoms with E-state index in [1.807, 2.05) is 22.4 Å². The van der Waals surface area contributed by atoms with Crippen LogP contribution in [0.4, 0.5) is 5.82 Å². The van der Waals surface area contributed by atoms with Crippen molar-refractivity contribution in [2.45, 2.75) is 19.3 Å². The molecule has 3 rings (SSSR count). The Morgan fingerprint density at radius 3 is 3.11 bits per heavy atom. The molecular weight excluding hydrogens is 262 g/mol. The molecule has 19 heavy (non-hydrogen) atoms. The Balaban J connectivity index is 1.83. The number of anilines is 1. The molecule has 1 aliphatic rings. The lowest BCUT2D eigenvalue weighted by atomic mass is 10.4. The Hall–Kier alpha value is -1.60. The first kappa shape index (κ1) is 12.4. The van der Waals surface area contributed by atoms with Gasteiger partial charge in [-0.2, -0.15) is 11.8 Å². The SMILES string of the molecule is CCSCC1C=CC(n2cnc3c(N)ncnc32)O1. The number of hydrogen-bond acceptors (Lipinski definition) is 6. The van der Waals surface area contributed by atoms with Crippen molar-refractivity contribution >= 4 is 28.7 Å². The maximum absolute atomic E-state index is 5.95. The fourth-order valence-electron chi connectivity index (χ4n) is 2.03. The summed E-state index contributed by atoms with van der Waals surface area (Å²) in [6.07, 6.45) is 7.23. The fraction of sp³-hybridized carbons (Fsp3) is 0.417. The Labute approximate surface area is 115 Å². The van der Waals surface area contributed by atoms with Crippen LogP contribution in [-0.4, -0.2) is 37.1 Å². The number of ether oxygens (including phenoxy) is 1. The van der Waals surface area contributed by atoms with E-state index in [-0.39, 0.29) is 12.3 Å². The Kier molecular flexibility index (Phi) is 3.39. The molecule has 2 N–H and O–H groups in total. The van der Waals surface area contributed by atoms with Gasteiger partial charge in [-0.15, -0.1) is 0 Å². The summed E-state index contributed by atoms with van der Waals surface area (Å²) < 4.78 is 7.82. The Morgan fingerprint density at radius 1 is 1.37 bits per heavy atom. The van der Waals surface area contributed by atoms with Crippen molar-refractivity contribution in [2.75, 3.05) is 17.2 Å². The van der Waals surface area contributed by atoms with Gasteiger partial charge in [0.25, 0.3) is 0 Å². The van der Waals surface area contributed by atoms with Gasteiger partial charge in [-0.25, -0.2) is 15.0 Å². The van der Waals surface area contributed by atoms with E-state index < -0.39 is 0 Å². The molecule has 2 atom stereocenters. The standard InChI is InChI=1S/C12H15N5OS/c1-2-19-5-8-3-4-9(18-8)17-7-16-10-11(13)14-6-15-12(10)17/h3-4,6-9H,2,5H2,1H3,(H2,13,14,15). The van der Waals surface area contributed by atoms with Crippen molar-refractivity contribution in [1.82, 2.24) is 19.5 Å². The number of nitrogens with zero attached hydrogens (tertiary/aromatic N) is 4. The molecular formula is C12H15N5OS. The number of nitrogens with two attached hydrogens (primary N) is 1. The second-order valence-electron chi connectivity index (χ2n) is 4.19. The molecule has 2 aromatic heterocycles. The molecule has 3 heterocycles. The normalized spacial score (nSPS) is 22.4. The van der Waals surface area contributed by atoms with Crippen LogP contribution in [-0.2, 0) is 4.74 Å². The van der Waals surface area contributed by atoms with Crippen LogP contribution < -0.4 is 5.73 Å². The monoisotopic (exact) mass is 277 g/mol. The van der Waals surface area contributed by atoms with Crippen LogP contribution in [0.2, 0.25) is 0 Å². The number of fused-ring (bicyclic) bond motifs is 1. The highest BCUT2D eigenvalue weighted by Crippen LogP contribution is 2.26. The molecule has 2 aromatic rings. The molecule has 0 aliphatic carbocycles. The lowest BCUT2D eigenvalue weighted by Gasteiger charge is -2.15. The van der Waals surface area contributed by atoms with Gasteiger partial charge in [0, 0.05) is 5.75 Å². The molecule has 0 spiro atoms. The maximum atomic E-state index is 5.95. The van der Waals surface area contributed by atoms with Crippen molar-refractivity contribution in [3.05, 3.63) is 24.8 Å². The summed E-state index contributed by atoms with van der Waals surface area (Å²) in [5, 5.41) is 0.